The Bertz CT molecular complexity index is 295. The van der Waals surface area contributed by atoms with E-state index in [1.165, 1.54) is 0 Å². The maximum absolute atomic E-state index is 10.7. The van der Waals surface area contributed by atoms with Gasteiger partial charge in [-0.2, -0.15) is 0 Å². The van der Waals surface area contributed by atoms with Crippen LogP contribution in [0.3, 0.4) is 0 Å². The summed E-state index contributed by atoms with van der Waals surface area (Å²) in [5, 5.41) is 17.2. The van der Waals surface area contributed by atoms with E-state index in [1.54, 1.807) is 0 Å². The highest BCUT2D eigenvalue weighted by atomic mass is 32.4. The van der Waals surface area contributed by atoms with Crippen molar-refractivity contribution in [2.75, 3.05) is 12.4 Å². The van der Waals surface area contributed by atoms with Crippen LogP contribution in [-0.4, -0.2) is 39.5 Å². The van der Waals surface area contributed by atoms with E-state index in [0.29, 0.717) is 0 Å². The van der Waals surface area contributed by atoms with Crippen molar-refractivity contribution in [3.05, 3.63) is 0 Å². The Balaban J connectivity index is 4.35. The largest absolute Gasteiger partial charge is 0.481 e. The van der Waals surface area contributed by atoms with Gasteiger partial charge in [0.2, 0.25) is 0 Å². The minimum Gasteiger partial charge on any atom is -0.481 e. The van der Waals surface area contributed by atoms with Crippen LogP contribution in [-0.2, 0) is 21.4 Å². The van der Waals surface area contributed by atoms with Gasteiger partial charge in [0.25, 0.3) is 0 Å². The summed E-state index contributed by atoms with van der Waals surface area (Å²) in [4.78, 5) is 30.5. The summed E-state index contributed by atoms with van der Waals surface area (Å²) in [6.45, 7) is 0. The van der Waals surface area contributed by atoms with Crippen LogP contribution < -0.4 is 5.73 Å². The molecular formula is C7H14NO5PS. The van der Waals surface area contributed by atoms with E-state index in [1.807, 2.05) is 0 Å². The summed E-state index contributed by atoms with van der Waals surface area (Å²) in [6.07, 6.45) is -3.33. The zero-order valence-corrected chi connectivity index (χ0v) is 9.71. The molecule has 2 unspecified atom stereocenters. The molecule has 0 aliphatic rings. The van der Waals surface area contributed by atoms with Crippen molar-refractivity contribution in [2.45, 2.75) is 12.8 Å². The Morgan fingerprint density at radius 3 is 2.27 bits per heavy atom. The number of carbonyl (C=O) groups is 2. The first kappa shape index (κ1) is 14.5. The predicted octanol–water partition coefficient (Wildman–Crippen LogP) is -0.145. The summed E-state index contributed by atoms with van der Waals surface area (Å²) >= 11 is 4.75. The quantitative estimate of drug-likeness (QED) is 0.467. The van der Waals surface area contributed by atoms with E-state index >= 15 is 0 Å². The molecule has 0 amide bonds. The fourth-order valence-corrected chi connectivity index (χ4v) is 2.73. The summed E-state index contributed by atoms with van der Waals surface area (Å²) < 4.78 is 0. The van der Waals surface area contributed by atoms with Crippen LogP contribution in [0.15, 0.2) is 0 Å². The van der Waals surface area contributed by atoms with E-state index < -0.39 is 24.1 Å². The normalized spacial score (nSPS) is 16.7. The SMILES string of the molecule is NCP(O)(=S)CC(CCC(=O)O)C(=O)O. The Morgan fingerprint density at radius 1 is 1.40 bits per heavy atom. The van der Waals surface area contributed by atoms with Crippen molar-refractivity contribution in [2.24, 2.45) is 11.7 Å². The van der Waals surface area contributed by atoms with Gasteiger partial charge in [0.15, 0.2) is 0 Å². The minimum atomic E-state index is -2.81. The summed E-state index contributed by atoms with van der Waals surface area (Å²) in [5.41, 5.74) is 5.20. The van der Waals surface area contributed by atoms with Crippen molar-refractivity contribution >= 4 is 30.0 Å². The number of carboxylic acids is 2. The van der Waals surface area contributed by atoms with Crippen LogP contribution in [0.4, 0.5) is 0 Å². The maximum Gasteiger partial charge on any atom is 0.306 e. The molecule has 0 rings (SSSR count). The lowest BCUT2D eigenvalue weighted by molar-refractivity contribution is -0.142. The first-order chi connectivity index (χ1) is 6.78. The smallest absolute Gasteiger partial charge is 0.306 e. The highest BCUT2D eigenvalue weighted by Gasteiger charge is 2.25. The average molecular weight is 255 g/mol. The van der Waals surface area contributed by atoms with Crippen LogP contribution in [0, 0.1) is 5.92 Å². The van der Waals surface area contributed by atoms with Gasteiger partial charge in [-0.3, -0.25) is 9.59 Å². The maximum atomic E-state index is 10.7. The van der Waals surface area contributed by atoms with Crippen molar-refractivity contribution in [3.8, 4) is 0 Å². The monoisotopic (exact) mass is 255 g/mol. The molecule has 0 spiro atoms. The van der Waals surface area contributed by atoms with E-state index in [4.69, 9.17) is 27.8 Å². The summed E-state index contributed by atoms with van der Waals surface area (Å²) in [5.74, 6) is -3.14. The Kier molecular flexibility index (Phi) is 5.97. The first-order valence-corrected chi connectivity index (χ1v) is 7.36. The number of nitrogens with two attached hydrogens (primary N) is 1. The lowest BCUT2D eigenvalue weighted by Gasteiger charge is -2.17. The molecule has 0 aliphatic carbocycles. The highest BCUT2D eigenvalue weighted by Crippen LogP contribution is 2.41. The van der Waals surface area contributed by atoms with E-state index in [9.17, 15) is 14.5 Å². The molecule has 8 heteroatoms. The average Bonchev–Trinajstić information content (AvgIpc) is 2.11. The zero-order valence-electron chi connectivity index (χ0n) is 8.00. The van der Waals surface area contributed by atoms with Crippen LogP contribution in [0.2, 0.25) is 0 Å². The van der Waals surface area contributed by atoms with Crippen LogP contribution >= 0.6 is 6.26 Å². The third-order valence-corrected chi connectivity index (χ3v) is 4.32. The minimum absolute atomic E-state index is 0.0381. The van der Waals surface area contributed by atoms with Gasteiger partial charge < -0.3 is 20.8 Å². The molecule has 0 bridgehead atoms. The Morgan fingerprint density at radius 2 is 1.93 bits per heavy atom. The first-order valence-electron chi connectivity index (χ1n) is 4.24. The molecule has 5 N–H and O–H groups in total. The van der Waals surface area contributed by atoms with E-state index in [0.717, 1.165) is 0 Å². The standard InChI is InChI=1S/C7H14NO5PS/c8-4-14(13,15)3-5(7(11)12)1-2-6(9)10/h5H,1-4,8H2,(H,9,10)(H,11,12)(H,13,15). The molecule has 0 aromatic heterocycles. The molecule has 0 saturated carbocycles. The predicted molar refractivity (Wildman–Crippen MR) is 58.4 cm³/mol. The molecule has 0 heterocycles. The van der Waals surface area contributed by atoms with Crippen molar-refractivity contribution in [3.63, 3.8) is 0 Å². The number of aliphatic carboxylic acids is 2. The van der Waals surface area contributed by atoms with E-state index in [-0.39, 0.29) is 25.3 Å². The second-order valence-electron chi connectivity index (χ2n) is 3.18. The van der Waals surface area contributed by atoms with Gasteiger partial charge in [-0.15, -0.1) is 0 Å². The summed E-state index contributed by atoms with van der Waals surface area (Å²) in [6, 6.07) is 0. The van der Waals surface area contributed by atoms with Crippen molar-refractivity contribution in [1.29, 1.82) is 0 Å². The van der Waals surface area contributed by atoms with Gasteiger partial charge in [0.1, 0.15) is 0 Å². The second kappa shape index (κ2) is 6.17. The Labute approximate surface area is 92.2 Å². The zero-order chi connectivity index (χ0) is 12.1. The van der Waals surface area contributed by atoms with Crippen LogP contribution in [0.1, 0.15) is 12.8 Å². The second-order valence-corrected chi connectivity index (χ2v) is 7.64. The molecule has 0 aromatic carbocycles. The van der Waals surface area contributed by atoms with Crippen LogP contribution in [0.25, 0.3) is 0 Å². The molecular weight excluding hydrogens is 241 g/mol. The van der Waals surface area contributed by atoms with Gasteiger partial charge in [-0.1, -0.05) is 11.8 Å². The fraction of sp³-hybridized carbons (Fsp3) is 0.714. The van der Waals surface area contributed by atoms with Gasteiger partial charge in [0.05, 0.1) is 12.2 Å². The molecule has 2 atom stereocenters. The molecule has 0 fully saturated rings. The third-order valence-electron chi connectivity index (χ3n) is 1.85. The topological polar surface area (TPSA) is 121 Å². The lowest BCUT2D eigenvalue weighted by atomic mass is 10.1. The number of hydrogen-bond donors (Lipinski definition) is 4. The fourth-order valence-electron chi connectivity index (χ4n) is 1.01. The Hall–Kier alpha value is -0.490. The number of rotatable bonds is 7. The molecule has 6 nitrogen and oxygen atoms in total. The van der Waals surface area contributed by atoms with Gasteiger partial charge in [-0.25, -0.2) is 0 Å². The van der Waals surface area contributed by atoms with Gasteiger partial charge in [0, 0.05) is 18.9 Å². The molecule has 0 aliphatic heterocycles. The third kappa shape index (κ3) is 6.57. The van der Waals surface area contributed by atoms with Crippen molar-refractivity contribution in [1.82, 2.24) is 0 Å². The number of carboxylic acid groups (broad SMARTS) is 2. The van der Waals surface area contributed by atoms with Crippen molar-refractivity contribution < 1.29 is 24.7 Å². The molecule has 0 aromatic rings. The molecule has 0 saturated heterocycles. The van der Waals surface area contributed by atoms with Gasteiger partial charge in [-0.05, 0) is 6.42 Å². The number of hydrogen-bond acceptors (Lipinski definition) is 4. The lowest BCUT2D eigenvalue weighted by Crippen LogP contribution is -2.21. The van der Waals surface area contributed by atoms with Crippen LogP contribution in [0.5, 0.6) is 0 Å². The molecule has 88 valence electrons. The molecule has 15 heavy (non-hydrogen) atoms. The highest BCUT2D eigenvalue weighted by molar-refractivity contribution is 8.11. The van der Waals surface area contributed by atoms with Gasteiger partial charge >= 0.3 is 11.9 Å². The summed E-state index contributed by atoms with van der Waals surface area (Å²) in [7, 11) is 0. The molecule has 0 radical (unpaired) electrons. The van der Waals surface area contributed by atoms with E-state index in [2.05, 4.69) is 0 Å².